The highest BCUT2D eigenvalue weighted by molar-refractivity contribution is 5.73. The van der Waals surface area contributed by atoms with Gasteiger partial charge in [0, 0.05) is 44.4 Å². The number of amides is 1. The van der Waals surface area contributed by atoms with Crippen LogP contribution in [0.2, 0.25) is 0 Å². The van der Waals surface area contributed by atoms with Gasteiger partial charge in [0.05, 0.1) is 0 Å². The summed E-state index contributed by atoms with van der Waals surface area (Å²) >= 11 is 0. The molecule has 1 aliphatic heterocycles. The molecule has 0 aromatic carbocycles. The predicted octanol–water partition coefficient (Wildman–Crippen LogP) is 1.69. The van der Waals surface area contributed by atoms with Crippen molar-refractivity contribution in [1.82, 2.24) is 15.6 Å². The molecule has 1 aromatic heterocycles. The summed E-state index contributed by atoms with van der Waals surface area (Å²) < 4.78 is 0. The average Bonchev–Trinajstić information content (AvgIpc) is 2.48. The highest BCUT2D eigenvalue weighted by Crippen LogP contribution is 2.21. The molecule has 0 atom stereocenters. The van der Waals surface area contributed by atoms with Crippen LogP contribution in [0.25, 0.3) is 0 Å². The maximum atomic E-state index is 11.1. The first-order chi connectivity index (χ1) is 10.2. The third kappa shape index (κ3) is 4.70. The van der Waals surface area contributed by atoms with E-state index in [9.17, 15) is 4.79 Å². The van der Waals surface area contributed by atoms with Crippen molar-refractivity contribution in [2.75, 3.05) is 24.5 Å². The largest absolute Gasteiger partial charge is 0.356 e. The number of carbonyl (C=O) groups excluding carboxylic acids is 1. The Bertz CT molecular complexity index is 455. The van der Waals surface area contributed by atoms with E-state index in [0.29, 0.717) is 6.04 Å². The van der Waals surface area contributed by atoms with Gasteiger partial charge in [-0.25, -0.2) is 4.98 Å². The molecule has 116 valence electrons. The Kier molecular flexibility index (Phi) is 5.99. The minimum absolute atomic E-state index is 0.0655. The summed E-state index contributed by atoms with van der Waals surface area (Å²) in [5, 5.41) is 6.45. The molecule has 1 aromatic rings. The van der Waals surface area contributed by atoms with E-state index >= 15 is 0 Å². The number of nitrogens with one attached hydrogen (secondary N) is 2. The van der Waals surface area contributed by atoms with Crippen LogP contribution in [-0.4, -0.2) is 36.6 Å². The second-order valence-corrected chi connectivity index (χ2v) is 5.62. The molecule has 2 heterocycles. The van der Waals surface area contributed by atoms with Crippen molar-refractivity contribution in [3.63, 3.8) is 0 Å². The molecule has 21 heavy (non-hydrogen) atoms. The quantitative estimate of drug-likeness (QED) is 0.783. The van der Waals surface area contributed by atoms with Gasteiger partial charge in [0.1, 0.15) is 5.82 Å². The number of aromatic nitrogens is 1. The molecule has 1 saturated heterocycles. The molecule has 0 bridgehead atoms. The Morgan fingerprint density at radius 3 is 2.86 bits per heavy atom. The van der Waals surface area contributed by atoms with E-state index in [-0.39, 0.29) is 5.91 Å². The first-order valence-electron chi connectivity index (χ1n) is 7.87. The SMILES string of the molecule is CCCNCc1cccnc1N1CCC(NC(C)=O)CC1. The topological polar surface area (TPSA) is 57.3 Å². The molecule has 1 amide bonds. The van der Waals surface area contributed by atoms with E-state index in [0.717, 1.165) is 51.3 Å². The molecular weight excluding hydrogens is 264 g/mol. The van der Waals surface area contributed by atoms with Crippen molar-refractivity contribution in [3.8, 4) is 0 Å². The average molecular weight is 290 g/mol. The zero-order chi connectivity index (χ0) is 15.1. The number of hydrogen-bond donors (Lipinski definition) is 2. The number of anilines is 1. The maximum absolute atomic E-state index is 11.1. The summed E-state index contributed by atoms with van der Waals surface area (Å²) in [6.45, 7) is 7.54. The molecule has 1 fully saturated rings. The third-order valence-electron chi connectivity index (χ3n) is 3.81. The second-order valence-electron chi connectivity index (χ2n) is 5.62. The van der Waals surface area contributed by atoms with Crippen LogP contribution < -0.4 is 15.5 Å². The number of hydrogen-bond acceptors (Lipinski definition) is 4. The summed E-state index contributed by atoms with van der Waals surface area (Å²) in [6.07, 6.45) is 4.96. The van der Waals surface area contributed by atoms with Gasteiger partial charge in [0.15, 0.2) is 0 Å². The summed E-state index contributed by atoms with van der Waals surface area (Å²) in [5.74, 6) is 1.15. The Morgan fingerprint density at radius 1 is 1.43 bits per heavy atom. The van der Waals surface area contributed by atoms with Crippen molar-refractivity contribution in [2.24, 2.45) is 0 Å². The number of piperidine rings is 1. The van der Waals surface area contributed by atoms with Gasteiger partial charge in [-0.05, 0) is 31.9 Å². The van der Waals surface area contributed by atoms with E-state index < -0.39 is 0 Å². The van der Waals surface area contributed by atoms with Crippen LogP contribution in [0.4, 0.5) is 5.82 Å². The molecule has 5 nitrogen and oxygen atoms in total. The molecule has 2 rings (SSSR count). The molecule has 5 heteroatoms. The summed E-state index contributed by atoms with van der Waals surface area (Å²) in [5.41, 5.74) is 1.25. The highest BCUT2D eigenvalue weighted by Gasteiger charge is 2.21. The first kappa shape index (κ1) is 15.8. The van der Waals surface area contributed by atoms with Crippen LogP contribution in [0.5, 0.6) is 0 Å². The zero-order valence-corrected chi connectivity index (χ0v) is 13.1. The molecule has 2 N–H and O–H groups in total. The second kappa shape index (κ2) is 7.98. The first-order valence-corrected chi connectivity index (χ1v) is 7.87. The van der Waals surface area contributed by atoms with Gasteiger partial charge in [-0.3, -0.25) is 4.79 Å². The van der Waals surface area contributed by atoms with E-state index in [1.165, 1.54) is 5.56 Å². The molecule has 0 saturated carbocycles. The summed E-state index contributed by atoms with van der Waals surface area (Å²) in [6, 6.07) is 4.45. The third-order valence-corrected chi connectivity index (χ3v) is 3.81. The Hall–Kier alpha value is -1.62. The van der Waals surface area contributed by atoms with E-state index in [2.05, 4.69) is 33.5 Å². The van der Waals surface area contributed by atoms with Gasteiger partial charge < -0.3 is 15.5 Å². The number of carbonyl (C=O) groups is 1. The minimum atomic E-state index is 0.0655. The van der Waals surface area contributed by atoms with Crippen LogP contribution in [0.1, 0.15) is 38.7 Å². The molecule has 0 radical (unpaired) electrons. The van der Waals surface area contributed by atoms with Gasteiger partial charge in [-0.1, -0.05) is 13.0 Å². The lowest BCUT2D eigenvalue weighted by Crippen LogP contribution is -2.44. The minimum Gasteiger partial charge on any atom is -0.356 e. The van der Waals surface area contributed by atoms with Gasteiger partial charge in [0.2, 0.25) is 5.91 Å². The molecular formula is C16H26N4O. The highest BCUT2D eigenvalue weighted by atomic mass is 16.1. The number of nitrogens with zero attached hydrogens (tertiary/aromatic N) is 2. The number of rotatable bonds is 6. The van der Waals surface area contributed by atoms with Crippen LogP contribution in [0, 0.1) is 0 Å². The van der Waals surface area contributed by atoms with Crippen molar-refractivity contribution in [3.05, 3.63) is 23.9 Å². The van der Waals surface area contributed by atoms with Crippen molar-refractivity contribution < 1.29 is 4.79 Å². The van der Waals surface area contributed by atoms with E-state index in [1.807, 2.05) is 12.3 Å². The zero-order valence-electron chi connectivity index (χ0n) is 13.1. The van der Waals surface area contributed by atoms with Crippen LogP contribution in [-0.2, 0) is 11.3 Å². The lowest BCUT2D eigenvalue weighted by atomic mass is 10.0. The molecule has 1 aliphatic rings. The van der Waals surface area contributed by atoms with E-state index in [4.69, 9.17) is 0 Å². The fraction of sp³-hybridized carbons (Fsp3) is 0.625. The Morgan fingerprint density at radius 2 is 2.19 bits per heavy atom. The standard InChI is InChI=1S/C16H26N4O/c1-3-8-17-12-14-5-4-9-18-16(14)20-10-6-15(7-11-20)19-13(2)21/h4-5,9,15,17H,3,6-8,10-12H2,1-2H3,(H,19,21). The van der Waals surface area contributed by atoms with Crippen molar-refractivity contribution >= 4 is 11.7 Å². The molecule has 0 unspecified atom stereocenters. The van der Waals surface area contributed by atoms with Gasteiger partial charge >= 0.3 is 0 Å². The smallest absolute Gasteiger partial charge is 0.217 e. The fourth-order valence-corrected chi connectivity index (χ4v) is 2.78. The van der Waals surface area contributed by atoms with Crippen LogP contribution in [0.3, 0.4) is 0 Å². The fourth-order valence-electron chi connectivity index (χ4n) is 2.78. The van der Waals surface area contributed by atoms with Crippen LogP contribution in [0.15, 0.2) is 18.3 Å². The molecule has 0 spiro atoms. The summed E-state index contributed by atoms with van der Waals surface area (Å²) in [7, 11) is 0. The van der Waals surface area contributed by atoms with Crippen molar-refractivity contribution in [2.45, 2.75) is 45.7 Å². The maximum Gasteiger partial charge on any atom is 0.217 e. The van der Waals surface area contributed by atoms with Gasteiger partial charge in [-0.15, -0.1) is 0 Å². The van der Waals surface area contributed by atoms with Gasteiger partial charge in [0.25, 0.3) is 0 Å². The van der Waals surface area contributed by atoms with Crippen LogP contribution >= 0.6 is 0 Å². The Balaban J connectivity index is 1.94. The Labute approximate surface area is 127 Å². The van der Waals surface area contributed by atoms with Gasteiger partial charge in [-0.2, -0.15) is 0 Å². The summed E-state index contributed by atoms with van der Waals surface area (Å²) in [4.78, 5) is 18.0. The number of pyridine rings is 1. The van der Waals surface area contributed by atoms with Crippen molar-refractivity contribution in [1.29, 1.82) is 0 Å². The normalized spacial score (nSPS) is 16.0. The predicted molar refractivity (Wildman–Crippen MR) is 85.3 cm³/mol. The lowest BCUT2D eigenvalue weighted by Gasteiger charge is -2.34. The lowest BCUT2D eigenvalue weighted by molar-refractivity contribution is -0.119. The molecule has 0 aliphatic carbocycles. The van der Waals surface area contributed by atoms with E-state index in [1.54, 1.807) is 6.92 Å². The monoisotopic (exact) mass is 290 g/mol.